The van der Waals surface area contributed by atoms with Gasteiger partial charge >= 0.3 is 0 Å². The number of nitrogens with zero attached hydrogens (tertiary/aromatic N) is 2. The molecule has 3 amide bonds. The minimum atomic E-state index is -0.321. The number of carbonyl (C=O) groups is 3. The molecule has 0 fully saturated rings. The van der Waals surface area contributed by atoms with E-state index in [0.29, 0.717) is 36.4 Å². The molecule has 6 nitrogen and oxygen atoms in total. The summed E-state index contributed by atoms with van der Waals surface area (Å²) in [6, 6.07) is 12.4. The van der Waals surface area contributed by atoms with Crippen LogP contribution in [0, 0.1) is 6.92 Å². The molecule has 0 aliphatic carbocycles. The van der Waals surface area contributed by atoms with Crippen molar-refractivity contribution in [3.8, 4) is 5.75 Å². The van der Waals surface area contributed by atoms with E-state index < -0.39 is 0 Å². The van der Waals surface area contributed by atoms with Crippen LogP contribution < -0.4 is 4.74 Å². The Balaban J connectivity index is 1.63. The first-order valence-corrected chi connectivity index (χ1v) is 9.87. The lowest BCUT2D eigenvalue weighted by molar-refractivity contribution is 0.0652. The lowest BCUT2D eigenvalue weighted by atomic mass is 10.1. The molecule has 0 unspecified atom stereocenters. The Bertz CT molecular complexity index is 921. The van der Waals surface area contributed by atoms with E-state index in [1.807, 2.05) is 38.1 Å². The molecule has 0 N–H and O–H groups in total. The van der Waals surface area contributed by atoms with Crippen LogP contribution in [0.2, 0.25) is 0 Å². The molecule has 0 saturated heterocycles. The van der Waals surface area contributed by atoms with Gasteiger partial charge < -0.3 is 9.64 Å². The van der Waals surface area contributed by atoms with E-state index >= 15 is 0 Å². The Morgan fingerprint density at radius 2 is 1.72 bits per heavy atom. The van der Waals surface area contributed by atoms with E-state index in [2.05, 4.69) is 0 Å². The number of unbranched alkanes of at least 4 members (excludes halogenated alkanes) is 1. The fourth-order valence-electron chi connectivity index (χ4n) is 3.20. The summed E-state index contributed by atoms with van der Waals surface area (Å²) in [5, 5.41) is 0. The third-order valence-electron chi connectivity index (χ3n) is 5.02. The first-order valence-electron chi connectivity index (χ1n) is 9.87. The van der Waals surface area contributed by atoms with Crippen LogP contribution >= 0.6 is 0 Å². The average molecular weight is 394 g/mol. The molecule has 152 valence electrons. The number of rotatable bonds is 8. The van der Waals surface area contributed by atoms with Crippen molar-refractivity contribution in [2.45, 2.75) is 26.7 Å². The molecule has 0 radical (unpaired) electrons. The second kappa shape index (κ2) is 8.90. The van der Waals surface area contributed by atoms with Crippen LogP contribution in [0.4, 0.5) is 0 Å². The quantitative estimate of drug-likeness (QED) is 0.643. The van der Waals surface area contributed by atoms with E-state index in [4.69, 9.17) is 4.74 Å². The van der Waals surface area contributed by atoms with E-state index in [0.717, 1.165) is 24.2 Å². The average Bonchev–Trinajstić information content (AvgIpc) is 2.96. The van der Waals surface area contributed by atoms with Crippen LogP contribution in [-0.2, 0) is 0 Å². The van der Waals surface area contributed by atoms with Gasteiger partial charge in [0.25, 0.3) is 17.7 Å². The smallest absolute Gasteiger partial charge is 0.261 e. The van der Waals surface area contributed by atoms with Crippen LogP contribution in [0.15, 0.2) is 42.5 Å². The molecule has 0 saturated carbocycles. The first-order chi connectivity index (χ1) is 13.9. The van der Waals surface area contributed by atoms with Gasteiger partial charge in [-0.05, 0) is 43.7 Å². The van der Waals surface area contributed by atoms with E-state index in [-0.39, 0.29) is 17.7 Å². The van der Waals surface area contributed by atoms with Gasteiger partial charge in [-0.15, -0.1) is 0 Å². The van der Waals surface area contributed by atoms with Gasteiger partial charge in [0.1, 0.15) is 12.4 Å². The van der Waals surface area contributed by atoms with Crippen molar-refractivity contribution < 1.29 is 19.1 Å². The number of likely N-dealkylation sites (N-methyl/N-ethyl adjacent to an activating group) is 1. The first kappa shape index (κ1) is 20.6. The maximum absolute atomic E-state index is 12.7. The molecule has 2 aromatic carbocycles. The summed E-state index contributed by atoms with van der Waals surface area (Å²) >= 11 is 0. The summed E-state index contributed by atoms with van der Waals surface area (Å²) in [5.74, 6) is -0.0615. The van der Waals surface area contributed by atoms with Crippen LogP contribution in [-0.4, -0.2) is 54.3 Å². The van der Waals surface area contributed by atoms with Gasteiger partial charge in [0, 0.05) is 19.2 Å². The molecular weight excluding hydrogens is 368 g/mol. The highest BCUT2D eigenvalue weighted by atomic mass is 16.5. The van der Waals surface area contributed by atoms with Crippen LogP contribution in [0.1, 0.15) is 56.4 Å². The summed E-state index contributed by atoms with van der Waals surface area (Å²) in [7, 11) is 1.69. The fourth-order valence-corrected chi connectivity index (χ4v) is 3.20. The number of hydrogen-bond acceptors (Lipinski definition) is 4. The predicted octanol–water partition coefficient (Wildman–Crippen LogP) is 3.54. The highest BCUT2D eigenvalue weighted by molar-refractivity contribution is 6.22. The van der Waals surface area contributed by atoms with Crippen molar-refractivity contribution in [1.82, 2.24) is 9.80 Å². The van der Waals surface area contributed by atoms with Crippen molar-refractivity contribution in [2.24, 2.45) is 0 Å². The summed E-state index contributed by atoms with van der Waals surface area (Å²) in [6.07, 6.45) is 1.66. The minimum Gasteiger partial charge on any atom is -0.492 e. The number of fused-ring (bicyclic) bond motifs is 1. The second-order valence-corrected chi connectivity index (χ2v) is 7.26. The Morgan fingerprint density at radius 3 is 2.41 bits per heavy atom. The topological polar surface area (TPSA) is 66.9 Å². The third kappa shape index (κ3) is 4.47. The van der Waals surface area contributed by atoms with Gasteiger partial charge in [-0.2, -0.15) is 0 Å². The Morgan fingerprint density at radius 1 is 1.03 bits per heavy atom. The zero-order valence-electron chi connectivity index (χ0n) is 17.1. The maximum atomic E-state index is 12.7. The highest BCUT2D eigenvalue weighted by Crippen LogP contribution is 2.25. The molecule has 0 atom stereocenters. The molecule has 2 aromatic rings. The van der Waals surface area contributed by atoms with Gasteiger partial charge in [0.05, 0.1) is 17.7 Å². The third-order valence-corrected chi connectivity index (χ3v) is 5.02. The Labute approximate surface area is 171 Å². The number of ether oxygens (including phenoxy) is 1. The van der Waals surface area contributed by atoms with Crippen LogP contribution in [0.25, 0.3) is 0 Å². The zero-order chi connectivity index (χ0) is 21.0. The Hall–Kier alpha value is -3.15. The molecule has 6 heteroatoms. The monoisotopic (exact) mass is 394 g/mol. The molecule has 1 aliphatic heterocycles. The van der Waals surface area contributed by atoms with Crippen molar-refractivity contribution >= 4 is 17.7 Å². The Kier molecular flexibility index (Phi) is 6.32. The number of benzene rings is 2. The van der Waals surface area contributed by atoms with Gasteiger partial charge in [-0.1, -0.05) is 31.0 Å². The molecular formula is C23H26N2O4. The number of carbonyl (C=O) groups excluding carboxylic acids is 3. The SMILES string of the molecule is CCCCN1C(=O)c2ccc(C(=O)N(C)CCOc3ccc(C)cc3)cc2C1=O. The number of imide groups is 1. The maximum Gasteiger partial charge on any atom is 0.261 e. The molecule has 0 spiro atoms. The fraction of sp³-hybridized carbons (Fsp3) is 0.348. The molecule has 3 rings (SSSR count). The van der Waals surface area contributed by atoms with Crippen molar-refractivity contribution in [3.05, 3.63) is 64.7 Å². The number of amides is 3. The van der Waals surface area contributed by atoms with Crippen LogP contribution in [0.5, 0.6) is 5.75 Å². The number of hydrogen-bond donors (Lipinski definition) is 0. The summed E-state index contributed by atoms with van der Waals surface area (Å²) < 4.78 is 5.68. The lowest BCUT2D eigenvalue weighted by Crippen LogP contribution is -2.31. The van der Waals surface area contributed by atoms with Gasteiger partial charge in [-0.3, -0.25) is 19.3 Å². The van der Waals surface area contributed by atoms with E-state index in [1.165, 1.54) is 11.0 Å². The summed E-state index contributed by atoms with van der Waals surface area (Å²) in [5.41, 5.74) is 2.22. The molecule has 29 heavy (non-hydrogen) atoms. The lowest BCUT2D eigenvalue weighted by Gasteiger charge is -2.18. The van der Waals surface area contributed by atoms with Gasteiger partial charge in [0.15, 0.2) is 0 Å². The van der Waals surface area contributed by atoms with Crippen molar-refractivity contribution in [3.63, 3.8) is 0 Å². The molecule has 1 heterocycles. The second-order valence-electron chi connectivity index (χ2n) is 7.26. The largest absolute Gasteiger partial charge is 0.492 e. The van der Waals surface area contributed by atoms with Crippen molar-refractivity contribution in [2.75, 3.05) is 26.7 Å². The van der Waals surface area contributed by atoms with E-state index in [9.17, 15) is 14.4 Å². The molecule has 0 aromatic heterocycles. The van der Waals surface area contributed by atoms with Crippen LogP contribution in [0.3, 0.4) is 0 Å². The standard InChI is InChI=1S/C23H26N2O4/c1-4-5-12-25-22(27)19-11-8-17(15-20(19)23(25)28)21(26)24(3)13-14-29-18-9-6-16(2)7-10-18/h6-11,15H,4-5,12-14H2,1-3H3. The predicted molar refractivity (Wildman–Crippen MR) is 110 cm³/mol. The normalized spacial score (nSPS) is 12.9. The minimum absolute atomic E-state index is 0.215. The van der Waals surface area contributed by atoms with E-state index in [1.54, 1.807) is 24.1 Å². The zero-order valence-corrected chi connectivity index (χ0v) is 17.1. The number of aryl methyl sites for hydroxylation is 1. The highest BCUT2D eigenvalue weighted by Gasteiger charge is 2.35. The van der Waals surface area contributed by atoms with Gasteiger partial charge in [0.2, 0.25) is 0 Å². The molecule has 1 aliphatic rings. The van der Waals surface area contributed by atoms with Gasteiger partial charge in [-0.25, -0.2) is 0 Å². The molecule has 0 bridgehead atoms. The summed E-state index contributed by atoms with van der Waals surface area (Å²) in [6.45, 7) is 5.18. The van der Waals surface area contributed by atoms with Crippen molar-refractivity contribution in [1.29, 1.82) is 0 Å². The summed E-state index contributed by atoms with van der Waals surface area (Å²) in [4.78, 5) is 40.5.